The van der Waals surface area contributed by atoms with Crippen molar-refractivity contribution in [3.63, 3.8) is 0 Å². The molecule has 2 N–H and O–H groups in total. The number of aryl methyl sites for hydroxylation is 2. The molecule has 1 aliphatic rings. The maximum atomic E-state index is 10.5. The lowest BCUT2D eigenvalue weighted by Gasteiger charge is -2.18. The number of phenolic OH excluding ortho intramolecular Hbond substituents is 1. The highest BCUT2D eigenvalue weighted by Crippen LogP contribution is 2.37. The van der Waals surface area contributed by atoms with Gasteiger partial charge in [0.2, 0.25) is 0 Å². The number of aromatic amines is 1. The van der Waals surface area contributed by atoms with Crippen molar-refractivity contribution in [3.05, 3.63) is 53.5 Å². The molecule has 0 atom stereocenters. The Morgan fingerprint density at radius 1 is 1.27 bits per heavy atom. The first-order valence-electron chi connectivity index (χ1n) is 8.59. The van der Waals surface area contributed by atoms with Crippen molar-refractivity contribution in [3.8, 4) is 22.8 Å². The Bertz CT molecular complexity index is 924. The molecule has 0 aliphatic carbocycles. The van der Waals surface area contributed by atoms with Gasteiger partial charge in [0, 0.05) is 48.8 Å². The summed E-state index contributed by atoms with van der Waals surface area (Å²) in [5, 5.41) is 10.5. The average Bonchev–Trinajstić information content (AvgIpc) is 3.03. The Hall–Kier alpha value is -2.93. The number of H-pyrrole nitrogens is 1. The van der Waals surface area contributed by atoms with E-state index in [9.17, 15) is 5.11 Å². The first-order chi connectivity index (χ1) is 12.6. The molecular weight excluding hydrogens is 330 g/mol. The molecule has 3 aromatic rings. The second-order valence-corrected chi connectivity index (χ2v) is 6.56. The summed E-state index contributed by atoms with van der Waals surface area (Å²) < 4.78 is 5.82. The van der Waals surface area contributed by atoms with Crippen LogP contribution in [0.5, 0.6) is 11.5 Å². The van der Waals surface area contributed by atoms with E-state index >= 15 is 0 Å². The quantitative estimate of drug-likeness (QED) is 0.754. The van der Waals surface area contributed by atoms with Gasteiger partial charge in [0.1, 0.15) is 6.61 Å². The summed E-state index contributed by atoms with van der Waals surface area (Å²) in [5.41, 5.74) is 5.30. The van der Waals surface area contributed by atoms with E-state index in [2.05, 4.69) is 24.8 Å². The summed E-state index contributed by atoms with van der Waals surface area (Å²) in [6.45, 7) is 6.55. The second kappa shape index (κ2) is 6.76. The van der Waals surface area contributed by atoms with Gasteiger partial charge < -0.3 is 14.8 Å². The van der Waals surface area contributed by atoms with E-state index in [0.29, 0.717) is 18.9 Å². The number of imidazole rings is 1. The predicted octanol–water partition coefficient (Wildman–Crippen LogP) is 2.58. The van der Waals surface area contributed by atoms with E-state index in [0.717, 1.165) is 47.0 Å². The number of aromatic hydroxyl groups is 1. The molecule has 0 fully saturated rings. The van der Waals surface area contributed by atoms with Crippen LogP contribution in [-0.4, -0.2) is 43.1 Å². The smallest absolute Gasteiger partial charge is 0.165 e. The van der Waals surface area contributed by atoms with Crippen LogP contribution in [0.25, 0.3) is 11.3 Å². The summed E-state index contributed by atoms with van der Waals surface area (Å²) in [7, 11) is 0. The highest BCUT2D eigenvalue weighted by molar-refractivity contribution is 5.67. The first-order valence-corrected chi connectivity index (χ1v) is 8.59. The Labute approximate surface area is 151 Å². The zero-order valence-corrected chi connectivity index (χ0v) is 14.9. The molecule has 0 amide bonds. The molecule has 2 aromatic heterocycles. The van der Waals surface area contributed by atoms with E-state index in [1.807, 2.05) is 26.1 Å². The number of nitrogens with zero attached hydrogens (tertiary/aromatic N) is 4. The van der Waals surface area contributed by atoms with E-state index in [-0.39, 0.29) is 5.75 Å². The van der Waals surface area contributed by atoms with Crippen molar-refractivity contribution in [1.82, 2.24) is 24.8 Å². The SMILES string of the molecule is Cc1cnc(C)c(-c2cc(O)c3c(c2)CN(Cc2cnc[nH]2)CCO3)n1. The van der Waals surface area contributed by atoms with E-state index in [4.69, 9.17) is 4.74 Å². The van der Waals surface area contributed by atoms with E-state index < -0.39 is 0 Å². The molecule has 7 nitrogen and oxygen atoms in total. The van der Waals surface area contributed by atoms with Crippen LogP contribution >= 0.6 is 0 Å². The minimum Gasteiger partial charge on any atom is -0.504 e. The maximum Gasteiger partial charge on any atom is 0.165 e. The number of benzene rings is 1. The molecule has 7 heteroatoms. The van der Waals surface area contributed by atoms with Crippen molar-refractivity contribution in [1.29, 1.82) is 0 Å². The number of hydrogen-bond acceptors (Lipinski definition) is 6. The Morgan fingerprint density at radius 3 is 2.96 bits per heavy atom. The van der Waals surface area contributed by atoms with Gasteiger partial charge >= 0.3 is 0 Å². The molecule has 26 heavy (non-hydrogen) atoms. The van der Waals surface area contributed by atoms with Crippen LogP contribution in [0.4, 0.5) is 0 Å². The van der Waals surface area contributed by atoms with Crippen molar-refractivity contribution in [2.24, 2.45) is 0 Å². The zero-order valence-electron chi connectivity index (χ0n) is 14.9. The number of phenols is 1. The number of hydrogen-bond donors (Lipinski definition) is 2. The molecule has 4 rings (SSSR count). The standard InChI is InChI=1S/C19H21N5O2/c1-12-7-21-13(2)18(23-12)14-5-15-9-24(10-16-8-20-11-22-16)3-4-26-19(15)17(25)6-14/h5-8,11,25H,3-4,9-10H2,1-2H3,(H,20,22). The molecule has 0 unspecified atom stereocenters. The van der Waals surface area contributed by atoms with Gasteiger partial charge in [-0.1, -0.05) is 0 Å². The topological polar surface area (TPSA) is 87.2 Å². The van der Waals surface area contributed by atoms with Gasteiger partial charge in [-0.15, -0.1) is 0 Å². The minimum atomic E-state index is 0.142. The third kappa shape index (κ3) is 3.25. The molecule has 0 radical (unpaired) electrons. The fourth-order valence-corrected chi connectivity index (χ4v) is 3.25. The number of ether oxygens (including phenoxy) is 1. The summed E-state index contributed by atoms with van der Waals surface area (Å²) >= 11 is 0. The summed E-state index contributed by atoms with van der Waals surface area (Å²) in [6.07, 6.45) is 5.25. The second-order valence-electron chi connectivity index (χ2n) is 6.56. The Balaban J connectivity index is 1.70. The number of fused-ring (bicyclic) bond motifs is 1. The third-order valence-corrected chi connectivity index (χ3v) is 4.49. The predicted molar refractivity (Wildman–Crippen MR) is 96.8 cm³/mol. The molecule has 0 saturated carbocycles. The van der Waals surface area contributed by atoms with Crippen molar-refractivity contribution >= 4 is 0 Å². The van der Waals surface area contributed by atoms with Gasteiger partial charge in [0.15, 0.2) is 11.5 Å². The molecular formula is C19H21N5O2. The van der Waals surface area contributed by atoms with E-state index in [1.54, 1.807) is 18.6 Å². The van der Waals surface area contributed by atoms with Crippen LogP contribution in [0, 0.1) is 13.8 Å². The maximum absolute atomic E-state index is 10.5. The monoisotopic (exact) mass is 351 g/mol. The van der Waals surface area contributed by atoms with Gasteiger partial charge in [-0.05, 0) is 26.0 Å². The molecule has 0 bridgehead atoms. The van der Waals surface area contributed by atoms with Crippen LogP contribution in [0.3, 0.4) is 0 Å². The van der Waals surface area contributed by atoms with Gasteiger partial charge in [0.25, 0.3) is 0 Å². The number of aromatic nitrogens is 4. The molecule has 1 aromatic carbocycles. The fraction of sp³-hybridized carbons (Fsp3) is 0.316. The van der Waals surface area contributed by atoms with Crippen LogP contribution in [-0.2, 0) is 13.1 Å². The largest absolute Gasteiger partial charge is 0.504 e. The van der Waals surface area contributed by atoms with E-state index in [1.165, 1.54) is 0 Å². The van der Waals surface area contributed by atoms with Crippen LogP contribution < -0.4 is 4.74 Å². The molecule has 3 heterocycles. The lowest BCUT2D eigenvalue weighted by atomic mass is 10.0. The fourth-order valence-electron chi connectivity index (χ4n) is 3.25. The number of nitrogens with one attached hydrogen (secondary N) is 1. The normalized spacial score (nSPS) is 14.5. The van der Waals surface area contributed by atoms with Gasteiger partial charge in [-0.2, -0.15) is 0 Å². The third-order valence-electron chi connectivity index (χ3n) is 4.49. The van der Waals surface area contributed by atoms with Gasteiger partial charge in [0.05, 0.1) is 23.4 Å². The van der Waals surface area contributed by atoms with Crippen molar-refractivity contribution in [2.75, 3.05) is 13.2 Å². The van der Waals surface area contributed by atoms with Crippen molar-refractivity contribution in [2.45, 2.75) is 26.9 Å². The molecule has 0 saturated heterocycles. The lowest BCUT2D eigenvalue weighted by Crippen LogP contribution is -2.25. The summed E-state index contributed by atoms with van der Waals surface area (Å²) in [6, 6.07) is 3.75. The van der Waals surface area contributed by atoms with Crippen LogP contribution in [0.1, 0.15) is 22.6 Å². The Morgan fingerprint density at radius 2 is 2.15 bits per heavy atom. The Kier molecular flexibility index (Phi) is 4.30. The molecule has 0 spiro atoms. The molecule has 134 valence electrons. The highest BCUT2D eigenvalue weighted by Gasteiger charge is 2.21. The highest BCUT2D eigenvalue weighted by atomic mass is 16.5. The summed E-state index contributed by atoms with van der Waals surface area (Å²) in [5.74, 6) is 0.697. The summed E-state index contributed by atoms with van der Waals surface area (Å²) in [4.78, 5) is 18.4. The minimum absolute atomic E-state index is 0.142. The average molecular weight is 351 g/mol. The van der Waals surface area contributed by atoms with Gasteiger partial charge in [-0.25, -0.2) is 9.97 Å². The van der Waals surface area contributed by atoms with Crippen LogP contribution in [0.15, 0.2) is 30.9 Å². The van der Waals surface area contributed by atoms with Crippen LogP contribution in [0.2, 0.25) is 0 Å². The van der Waals surface area contributed by atoms with Gasteiger partial charge in [-0.3, -0.25) is 9.88 Å². The first kappa shape index (κ1) is 16.5. The lowest BCUT2D eigenvalue weighted by molar-refractivity contribution is 0.215. The molecule has 1 aliphatic heterocycles. The zero-order chi connectivity index (χ0) is 18.1. The van der Waals surface area contributed by atoms with Crippen molar-refractivity contribution < 1.29 is 9.84 Å². The number of rotatable bonds is 3.